The minimum atomic E-state index is 0.401. The number of unbranched alkanes of at least 4 members (excludes halogenated alkanes) is 1. The molecule has 87 valence electrons. The van der Waals surface area contributed by atoms with Crippen LogP contribution < -0.4 is 0 Å². The van der Waals surface area contributed by atoms with Crippen LogP contribution in [0.3, 0.4) is 0 Å². The van der Waals surface area contributed by atoms with Gasteiger partial charge in [0, 0.05) is 19.1 Å². The standard InChI is InChI=1S/C12H23N2O/c1-3-4-8-13(2)10-12-7-5-6-9-14(12)11-15/h12H,3-10H2,1-2H3. The van der Waals surface area contributed by atoms with Crippen LogP contribution >= 0.6 is 0 Å². The van der Waals surface area contributed by atoms with Crippen LogP contribution in [0.15, 0.2) is 0 Å². The molecular formula is C12H23N2O. The van der Waals surface area contributed by atoms with Gasteiger partial charge in [-0.15, -0.1) is 0 Å². The van der Waals surface area contributed by atoms with E-state index in [-0.39, 0.29) is 0 Å². The van der Waals surface area contributed by atoms with Crippen molar-refractivity contribution in [2.45, 2.75) is 45.1 Å². The number of hydrogen-bond donors (Lipinski definition) is 0. The van der Waals surface area contributed by atoms with Crippen molar-refractivity contribution in [1.29, 1.82) is 0 Å². The Morgan fingerprint density at radius 1 is 1.47 bits per heavy atom. The molecule has 15 heavy (non-hydrogen) atoms. The van der Waals surface area contributed by atoms with Crippen molar-refractivity contribution in [2.75, 3.05) is 26.7 Å². The molecule has 0 N–H and O–H groups in total. The Kier molecular flexibility index (Phi) is 5.69. The van der Waals surface area contributed by atoms with E-state index in [1.165, 1.54) is 19.3 Å². The lowest BCUT2D eigenvalue weighted by atomic mass is 10.0. The highest BCUT2D eigenvalue weighted by molar-refractivity contribution is 5.49. The van der Waals surface area contributed by atoms with E-state index in [0.29, 0.717) is 6.04 Å². The number of piperidine rings is 1. The summed E-state index contributed by atoms with van der Waals surface area (Å²) in [4.78, 5) is 14.9. The first-order chi connectivity index (χ1) is 7.27. The first-order valence-corrected chi connectivity index (χ1v) is 6.11. The SMILES string of the molecule is CCCCN(C)CC1CCCCN1[C]=O. The number of likely N-dealkylation sites (N-methyl/N-ethyl adjacent to an activating group) is 1. The number of likely N-dealkylation sites (tertiary alicyclic amines) is 1. The molecular weight excluding hydrogens is 188 g/mol. The monoisotopic (exact) mass is 211 g/mol. The quantitative estimate of drug-likeness (QED) is 0.667. The Labute approximate surface area is 93.4 Å². The number of nitrogens with zero attached hydrogens (tertiary/aromatic N) is 2. The van der Waals surface area contributed by atoms with Crippen molar-refractivity contribution in [3.05, 3.63) is 0 Å². The zero-order valence-corrected chi connectivity index (χ0v) is 10.0. The van der Waals surface area contributed by atoms with Gasteiger partial charge in [-0.1, -0.05) is 13.3 Å². The molecule has 0 aromatic heterocycles. The van der Waals surface area contributed by atoms with E-state index in [9.17, 15) is 4.79 Å². The molecule has 0 aromatic carbocycles. The van der Waals surface area contributed by atoms with Crippen molar-refractivity contribution < 1.29 is 4.79 Å². The Hall–Kier alpha value is -0.570. The molecule has 0 aliphatic carbocycles. The van der Waals surface area contributed by atoms with Crippen molar-refractivity contribution in [3.63, 3.8) is 0 Å². The first-order valence-electron chi connectivity index (χ1n) is 6.11. The van der Waals surface area contributed by atoms with E-state index < -0.39 is 0 Å². The summed E-state index contributed by atoms with van der Waals surface area (Å²) >= 11 is 0. The molecule has 3 heteroatoms. The van der Waals surface area contributed by atoms with Crippen molar-refractivity contribution >= 4 is 6.41 Å². The fraction of sp³-hybridized carbons (Fsp3) is 0.917. The lowest BCUT2D eigenvalue weighted by Crippen LogP contribution is -2.45. The number of rotatable bonds is 6. The van der Waals surface area contributed by atoms with Gasteiger partial charge in [0.2, 0.25) is 0 Å². The highest BCUT2D eigenvalue weighted by Crippen LogP contribution is 2.16. The first kappa shape index (κ1) is 12.5. The molecule has 1 saturated heterocycles. The molecule has 1 amide bonds. The zero-order chi connectivity index (χ0) is 11.1. The lowest BCUT2D eigenvalue weighted by Gasteiger charge is -2.34. The van der Waals surface area contributed by atoms with Gasteiger partial charge in [0.1, 0.15) is 0 Å². The van der Waals surface area contributed by atoms with Crippen LogP contribution in [-0.4, -0.2) is 48.9 Å². The van der Waals surface area contributed by atoms with E-state index >= 15 is 0 Å². The van der Waals surface area contributed by atoms with Crippen LogP contribution in [0.2, 0.25) is 0 Å². The van der Waals surface area contributed by atoms with Crippen LogP contribution in [0, 0.1) is 0 Å². The van der Waals surface area contributed by atoms with Crippen molar-refractivity contribution in [1.82, 2.24) is 9.80 Å². The second kappa shape index (κ2) is 6.83. The van der Waals surface area contributed by atoms with Crippen molar-refractivity contribution in [2.24, 2.45) is 0 Å². The summed E-state index contributed by atoms with van der Waals surface area (Å²) in [6, 6.07) is 0.401. The average molecular weight is 211 g/mol. The lowest BCUT2D eigenvalue weighted by molar-refractivity contribution is 0.174. The van der Waals surface area contributed by atoms with Crippen LogP contribution in [0.5, 0.6) is 0 Å². The van der Waals surface area contributed by atoms with Gasteiger partial charge in [-0.25, -0.2) is 0 Å². The third-order valence-corrected chi connectivity index (χ3v) is 3.16. The third kappa shape index (κ3) is 4.20. The Morgan fingerprint density at radius 2 is 2.27 bits per heavy atom. The molecule has 1 fully saturated rings. The largest absolute Gasteiger partial charge is 0.330 e. The minimum absolute atomic E-state index is 0.401. The predicted octanol–water partition coefficient (Wildman–Crippen LogP) is 1.64. The van der Waals surface area contributed by atoms with Crippen molar-refractivity contribution in [3.8, 4) is 0 Å². The second-order valence-electron chi connectivity index (χ2n) is 4.55. The van der Waals surface area contributed by atoms with Crippen LogP contribution in [0.1, 0.15) is 39.0 Å². The number of amides is 1. The summed E-state index contributed by atoms with van der Waals surface area (Å²) in [7, 11) is 2.15. The predicted molar refractivity (Wildman–Crippen MR) is 62.4 cm³/mol. The molecule has 3 nitrogen and oxygen atoms in total. The molecule has 0 aromatic rings. The van der Waals surface area contributed by atoms with E-state index in [0.717, 1.165) is 32.5 Å². The van der Waals surface area contributed by atoms with E-state index in [2.05, 4.69) is 25.3 Å². The average Bonchev–Trinajstić information content (AvgIpc) is 2.27. The third-order valence-electron chi connectivity index (χ3n) is 3.16. The van der Waals surface area contributed by atoms with Gasteiger partial charge in [0.05, 0.1) is 0 Å². The normalized spacial score (nSPS) is 22.1. The summed E-state index contributed by atoms with van der Waals surface area (Å²) in [6.07, 6.45) is 8.09. The molecule has 0 spiro atoms. The fourth-order valence-electron chi connectivity index (χ4n) is 2.19. The highest BCUT2D eigenvalue weighted by atomic mass is 16.1. The van der Waals surface area contributed by atoms with E-state index in [4.69, 9.17) is 0 Å². The number of carbonyl (C=O) groups excluding carboxylic acids is 1. The zero-order valence-electron chi connectivity index (χ0n) is 10.0. The maximum Gasteiger partial charge on any atom is 0.312 e. The summed E-state index contributed by atoms with van der Waals surface area (Å²) in [5, 5.41) is 0. The summed E-state index contributed by atoms with van der Waals surface area (Å²) < 4.78 is 0. The second-order valence-corrected chi connectivity index (χ2v) is 4.55. The van der Waals surface area contributed by atoms with Gasteiger partial charge in [0.15, 0.2) is 0 Å². The van der Waals surface area contributed by atoms with Gasteiger partial charge >= 0.3 is 6.41 Å². The molecule has 1 rings (SSSR count). The van der Waals surface area contributed by atoms with E-state index in [1.807, 2.05) is 4.90 Å². The fourth-order valence-corrected chi connectivity index (χ4v) is 2.19. The van der Waals surface area contributed by atoms with Crippen LogP contribution in [0.25, 0.3) is 0 Å². The molecule has 1 heterocycles. The molecule has 1 unspecified atom stereocenters. The maximum atomic E-state index is 10.7. The van der Waals surface area contributed by atoms with E-state index in [1.54, 1.807) is 0 Å². The maximum absolute atomic E-state index is 10.7. The van der Waals surface area contributed by atoms with Gasteiger partial charge < -0.3 is 9.80 Å². The Balaban J connectivity index is 2.30. The summed E-state index contributed by atoms with van der Waals surface area (Å²) in [6.45, 7) is 5.25. The summed E-state index contributed by atoms with van der Waals surface area (Å²) in [5.41, 5.74) is 0. The smallest absolute Gasteiger partial charge is 0.312 e. The van der Waals surface area contributed by atoms with Gasteiger partial charge in [-0.05, 0) is 39.3 Å². The minimum Gasteiger partial charge on any atom is -0.330 e. The molecule has 1 aliphatic rings. The molecule has 1 aliphatic heterocycles. The topological polar surface area (TPSA) is 23.6 Å². The molecule has 0 saturated carbocycles. The van der Waals surface area contributed by atoms with Crippen LogP contribution in [-0.2, 0) is 4.79 Å². The van der Waals surface area contributed by atoms with Crippen LogP contribution in [0.4, 0.5) is 0 Å². The Morgan fingerprint density at radius 3 is 2.93 bits per heavy atom. The molecule has 1 radical (unpaired) electrons. The van der Waals surface area contributed by atoms with Gasteiger partial charge in [0.25, 0.3) is 0 Å². The van der Waals surface area contributed by atoms with Gasteiger partial charge in [-0.3, -0.25) is 4.79 Å². The molecule has 0 bridgehead atoms. The summed E-state index contributed by atoms with van der Waals surface area (Å²) in [5.74, 6) is 0. The Bertz CT molecular complexity index is 184. The highest BCUT2D eigenvalue weighted by Gasteiger charge is 2.22. The number of hydrogen-bond acceptors (Lipinski definition) is 2. The molecule has 1 atom stereocenters. The van der Waals surface area contributed by atoms with Gasteiger partial charge in [-0.2, -0.15) is 0 Å².